The van der Waals surface area contributed by atoms with Gasteiger partial charge in [-0.25, -0.2) is 8.42 Å². The lowest BCUT2D eigenvalue weighted by Crippen LogP contribution is -2.17. The molecule has 128 valence electrons. The lowest BCUT2D eigenvalue weighted by Gasteiger charge is -2.20. The first kappa shape index (κ1) is 16.2. The van der Waals surface area contributed by atoms with Crippen molar-refractivity contribution in [3.05, 3.63) is 59.1 Å². The van der Waals surface area contributed by atoms with Crippen molar-refractivity contribution in [3.8, 4) is 11.5 Å². The summed E-state index contributed by atoms with van der Waals surface area (Å²) in [5.74, 6) is 1.11. The lowest BCUT2D eigenvalue weighted by atomic mass is 10.1. The van der Waals surface area contributed by atoms with Gasteiger partial charge in [0.25, 0.3) is 10.0 Å². The van der Waals surface area contributed by atoms with Crippen LogP contribution in [-0.4, -0.2) is 21.6 Å². The van der Waals surface area contributed by atoms with Crippen LogP contribution in [0.1, 0.15) is 0 Å². The van der Waals surface area contributed by atoms with Gasteiger partial charge in [-0.3, -0.25) is 4.72 Å². The number of fused-ring (bicyclic) bond motifs is 2. The molecule has 7 heteroatoms. The van der Waals surface area contributed by atoms with Gasteiger partial charge in [0.05, 0.1) is 10.6 Å². The molecule has 0 spiro atoms. The van der Waals surface area contributed by atoms with Gasteiger partial charge in [-0.05, 0) is 38.8 Å². The molecule has 5 nitrogen and oxygen atoms in total. The monoisotopic (exact) mass is 419 g/mol. The number of anilines is 1. The molecule has 0 atom stereocenters. The molecule has 0 fully saturated rings. The smallest absolute Gasteiger partial charge is 0.261 e. The Morgan fingerprint density at radius 2 is 1.56 bits per heavy atom. The van der Waals surface area contributed by atoms with E-state index in [-0.39, 0.29) is 4.90 Å². The minimum Gasteiger partial charge on any atom is -0.486 e. The molecule has 1 aliphatic rings. The zero-order valence-corrected chi connectivity index (χ0v) is 15.4. The van der Waals surface area contributed by atoms with E-state index in [4.69, 9.17) is 9.47 Å². The molecule has 3 aromatic carbocycles. The topological polar surface area (TPSA) is 64.6 Å². The van der Waals surface area contributed by atoms with Crippen molar-refractivity contribution in [3.63, 3.8) is 0 Å². The third-order valence-electron chi connectivity index (χ3n) is 3.91. The van der Waals surface area contributed by atoms with E-state index in [1.54, 1.807) is 30.3 Å². The van der Waals surface area contributed by atoms with Crippen molar-refractivity contribution in [1.29, 1.82) is 0 Å². The first-order valence-electron chi connectivity index (χ1n) is 7.64. The molecule has 3 aromatic rings. The Hall–Kier alpha value is -2.25. The zero-order chi connectivity index (χ0) is 17.4. The molecule has 0 saturated carbocycles. The van der Waals surface area contributed by atoms with Crippen LogP contribution in [0.25, 0.3) is 10.8 Å². The third kappa shape index (κ3) is 3.17. The van der Waals surface area contributed by atoms with Gasteiger partial charge >= 0.3 is 0 Å². The third-order valence-corrected chi connectivity index (χ3v) is 5.93. The van der Waals surface area contributed by atoms with Crippen molar-refractivity contribution in [2.75, 3.05) is 17.9 Å². The maximum absolute atomic E-state index is 12.8. The molecular weight excluding hydrogens is 406 g/mol. The molecule has 0 aliphatic carbocycles. The average molecular weight is 420 g/mol. The summed E-state index contributed by atoms with van der Waals surface area (Å²) >= 11 is 3.38. The van der Waals surface area contributed by atoms with E-state index in [0.717, 1.165) is 10.8 Å². The quantitative estimate of drug-likeness (QED) is 0.691. The second-order valence-electron chi connectivity index (χ2n) is 5.59. The van der Waals surface area contributed by atoms with Crippen molar-refractivity contribution < 1.29 is 17.9 Å². The summed E-state index contributed by atoms with van der Waals surface area (Å²) in [6.45, 7) is 0.910. The zero-order valence-electron chi connectivity index (χ0n) is 13.0. The fourth-order valence-corrected chi connectivity index (χ4v) is 4.34. The van der Waals surface area contributed by atoms with Gasteiger partial charge in [-0.1, -0.05) is 30.3 Å². The molecule has 1 N–H and O–H groups in total. The Kier molecular flexibility index (Phi) is 4.05. The summed E-state index contributed by atoms with van der Waals surface area (Å²) in [5, 5.41) is 1.86. The number of halogens is 1. The summed E-state index contributed by atoms with van der Waals surface area (Å²) in [4.78, 5) is 0.202. The Labute approximate surface area is 153 Å². The minimum absolute atomic E-state index is 0.202. The highest BCUT2D eigenvalue weighted by Crippen LogP contribution is 2.39. The number of sulfonamides is 1. The number of rotatable bonds is 3. The maximum atomic E-state index is 12.8. The highest BCUT2D eigenvalue weighted by molar-refractivity contribution is 9.10. The molecule has 4 rings (SSSR count). The van der Waals surface area contributed by atoms with Gasteiger partial charge in [-0.15, -0.1) is 0 Å². The molecule has 0 bridgehead atoms. The van der Waals surface area contributed by atoms with E-state index < -0.39 is 10.0 Å². The largest absolute Gasteiger partial charge is 0.486 e. The van der Waals surface area contributed by atoms with Crippen LogP contribution in [0.5, 0.6) is 11.5 Å². The number of hydrogen-bond donors (Lipinski definition) is 1. The highest BCUT2D eigenvalue weighted by atomic mass is 79.9. The molecule has 1 aliphatic heterocycles. The number of benzene rings is 3. The predicted molar refractivity (Wildman–Crippen MR) is 99.9 cm³/mol. The standard InChI is InChI=1S/C18H14BrNO4S/c19-15-10-17-18(24-8-7-23-17)11-16(15)20-25(21,22)14-6-5-12-3-1-2-4-13(12)9-14/h1-6,9-11,20H,7-8H2. The Balaban J connectivity index is 1.71. The highest BCUT2D eigenvalue weighted by Gasteiger charge is 2.20. The second kappa shape index (κ2) is 6.24. The Morgan fingerprint density at radius 1 is 0.880 bits per heavy atom. The van der Waals surface area contributed by atoms with Gasteiger partial charge in [0, 0.05) is 16.6 Å². The van der Waals surface area contributed by atoms with Gasteiger partial charge in [0.1, 0.15) is 13.2 Å². The summed E-state index contributed by atoms with van der Waals surface area (Å²) in [6, 6.07) is 16.0. The van der Waals surface area contributed by atoms with Crippen LogP contribution in [0.4, 0.5) is 5.69 Å². The number of hydrogen-bond acceptors (Lipinski definition) is 4. The molecule has 0 unspecified atom stereocenters. The summed E-state index contributed by atoms with van der Waals surface area (Å²) in [6.07, 6.45) is 0. The molecule has 0 radical (unpaired) electrons. The van der Waals surface area contributed by atoms with E-state index in [2.05, 4.69) is 20.7 Å². The van der Waals surface area contributed by atoms with E-state index in [1.807, 2.05) is 24.3 Å². The van der Waals surface area contributed by atoms with Crippen molar-refractivity contribution in [2.45, 2.75) is 4.90 Å². The van der Waals surface area contributed by atoms with Gasteiger partial charge < -0.3 is 9.47 Å². The van der Waals surface area contributed by atoms with Crippen LogP contribution in [0.3, 0.4) is 0 Å². The fourth-order valence-electron chi connectivity index (χ4n) is 2.68. The molecular formula is C18H14BrNO4S. The normalized spacial score (nSPS) is 13.6. The molecule has 0 saturated heterocycles. The fraction of sp³-hybridized carbons (Fsp3) is 0.111. The SMILES string of the molecule is O=S(=O)(Nc1cc2c(cc1Br)OCCO2)c1ccc2ccccc2c1. The Morgan fingerprint density at radius 3 is 2.32 bits per heavy atom. The van der Waals surface area contributed by atoms with Crippen LogP contribution in [-0.2, 0) is 10.0 Å². The van der Waals surface area contributed by atoms with Crippen molar-refractivity contribution >= 4 is 42.4 Å². The lowest BCUT2D eigenvalue weighted by molar-refractivity contribution is 0.171. The van der Waals surface area contributed by atoms with Gasteiger partial charge in [-0.2, -0.15) is 0 Å². The first-order valence-corrected chi connectivity index (χ1v) is 9.91. The van der Waals surface area contributed by atoms with E-state index in [9.17, 15) is 8.42 Å². The maximum Gasteiger partial charge on any atom is 0.261 e. The van der Waals surface area contributed by atoms with Crippen molar-refractivity contribution in [2.24, 2.45) is 0 Å². The Bertz CT molecular complexity index is 1070. The average Bonchev–Trinajstić information content (AvgIpc) is 2.62. The van der Waals surface area contributed by atoms with Gasteiger partial charge in [0.15, 0.2) is 11.5 Å². The second-order valence-corrected chi connectivity index (χ2v) is 8.13. The molecule has 25 heavy (non-hydrogen) atoms. The molecule has 0 amide bonds. The van der Waals surface area contributed by atoms with E-state index in [1.165, 1.54) is 0 Å². The van der Waals surface area contributed by atoms with Crippen LogP contribution < -0.4 is 14.2 Å². The van der Waals surface area contributed by atoms with Gasteiger partial charge in [0.2, 0.25) is 0 Å². The summed E-state index contributed by atoms with van der Waals surface area (Å²) in [7, 11) is -3.73. The molecule has 0 aromatic heterocycles. The van der Waals surface area contributed by atoms with Crippen LogP contribution in [0.2, 0.25) is 0 Å². The molecule has 1 heterocycles. The van der Waals surface area contributed by atoms with Crippen LogP contribution in [0.15, 0.2) is 64.0 Å². The van der Waals surface area contributed by atoms with E-state index in [0.29, 0.717) is 34.9 Å². The van der Waals surface area contributed by atoms with E-state index >= 15 is 0 Å². The van der Waals surface area contributed by atoms with Crippen LogP contribution in [0, 0.1) is 0 Å². The van der Waals surface area contributed by atoms with Crippen molar-refractivity contribution in [1.82, 2.24) is 0 Å². The predicted octanol–water partition coefficient (Wildman–Crippen LogP) is 4.17. The summed E-state index contributed by atoms with van der Waals surface area (Å²) < 4.78 is 39.7. The number of nitrogens with one attached hydrogen (secondary N) is 1. The first-order chi connectivity index (χ1) is 12.0. The minimum atomic E-state index is -3.73. The summed E-state index contributed by atoms with van der Waals surface area (Å²) in [5.41, 5.74) is 0.400. The number of ether oxygens (including phenoxy) is 2. The van der Waals surface area contributed by atoms with Crippen LogP contribution >= 0.6 is 15.9 Å².